The van der Waals surface area contributed by atoms with Crippen molar-refractivity contribution in [2.24, 2.45) is 0 Å². The highest BCUT2D eigenvalue weighted by Gasteiger charge is 2.16. The number of nitrogens with one attached hydrogen (secondary N) is 2. The number of unbranched alkanes of at least 4 members (excludes halogenated alkanes) is 3. The quantitative estimate of drug-likeness (QED) is 0.486. The molecule has 0 unspecified atom stereocenters. The second-order valence-corrected chi connectivity index (χ2v) is 8.14. The highest BCUT2D eigenvalue weighted by Crippen LogP contribution is 2.22. The van der Waals surface area contributed by atoms with Gasteiger partial charge in [0.25, 0.3) is 11.8 Å². The Kier molecular flexibility index (Phi) is 8.25. The summed E-state index contributed by atoms with van der Waals surface area (Å²) in [7, 11) is 0. The summed E-state index contributed by atoms with van der Waals surface area (Å²) in [5.41, 5.74) is 6.99. The number of para-hydroxylation sites is 1. The third-order valence-corrected chi connectivity index (χ3v) is 4.69. The molecule has 0 spiro atoms. The van der Waals surface area contributed by atoms with Gasteiger partial charge in [0.2, 0.25) is 0 Å². The number of amides is 2. The van der Waals surface area contributed by atoms with Crippen molar-refractivity contribution in [1.82, 2.24) is 10.9 Å². The van der Waals surface area contributed by atoms with Crippen molar-refractivity contribution in [2.75, 3.05) is 6.61 Å². The highest BCUT2D eigenvalue weighted by atomic mass is 16.5. The maximum absolute atomic E-state index is 12.5. The van der Waals surface area contributed by atoms with Crippen LogP contribution in [0.3, 0.4) is 0 Å². The number of carbonyl (C=O) groups excluding carboxylic acids is 2. The standard InChI is InChI=1S/C24H32N2O3/c1-5-6-7-10-17-29-21-12-9-8-11-20(21)23(28)26-25-22(27)18-13-15-19(16-14-18)24(2,3)4/h8-9,11-16H,5-7,10,17H2,1-4H3,(H,25,27)(H,26,28). The summed E-state index contributed by atoms with van der Waals surface area (Å²) < 4.78 is 5.77. The Morgan fingerprint density at radius 3 is 2.17 bits per heavy atom. The van der Waals surface area contributed by atoms with E-state index in [1.807, 2.05) is 18.2 Å². The van der Waals surface area contributed by atoms with E-state index in [0.717, 1.165) is 24.8 Å². The molecule has 5 heteroatoms. The van der Waals surface area contributed by atoms with Gasteiger partial charge in [0.05, 0.1) is 12.2 Å². The number of ether oxygens (including phenoxy) is 1. The minimum absolute atomic E-state index is 0.0173. The molecular weight excluding hydrogens is 364 g/mol. The molecule has 2 N–H and O–H groups in total. The summed E-state index contributed by atoms with van der Waals surface area (Å²) in [6.07, 6.45) is 4.39. The van der Waals surface area contributed by atoms with Crippen LogP contribution in [0, 0.1) is 0 Å². The lowest BCUT2D eigenvalue weighted by Gasteiger charge is -2.19. The molecule has 2 aromatic carbocycles. The Morgan fingerprint density at radius 2 is 1.52 bits per heavy atom. The van der Waals surface area contributed by atoms with Crippen LogP contribution in [0.2, 0.25) is 0 Å². The Morgan fingerprint density at radius 1 is 0.862 bits per heavy atom. The van der Waals surface area contributed by atoms with E-state index in [4.69, 9.17) is 4.74 Å². The molecule has 0 saturated heterocycles. The van der Waals surface area contributed by atoms with Gasteiger partial charge >= 0.3 is 0 Å². The van der Waals surface area contributed by atoms with Crippen LogP contribution in [0.15, 0.2) is 48.5 Å². The molecule has 0 saturated carbocycles. The van der Waals surface area contributed by atoms with Gasteiger partial charge < -0.3 is 4.74 Å². The number of hydrazine groups is 1. The molecule has 5 nitrogen and oxygen atoms in total. The van der Waals surface area contributed by atoms with Crippen molar-refractivity contribution in [3.05, 3.63) is 65.2 Å². The number of hydrogen-bond donors (Lipinski definition) is 2. The molecule has 0 aliphatic heterocycles. The van der Waals surface area contributed by atoms with E-state index in [-0.39, 0.29) is 11.3 Å². The Hall–Kier alpha value is -2.82. The minimum Gasteiger partial charge on any atom is -0.493 e. The Balaban J connectivity index is 1.92. The van der Waals surface area contributed by atoms with Crippen LogP contribution in [0.5, 0.6) is 5.75 Å². The largest absolute Gasteiger partial charge is 0.493 e. The molecule has 0 aliphatic carbocycles. The maximum Gasteiger partial charge on any atom is 0.273 e. The van der Waals surface area contributed by atoms with Crippen LogP contribution in [-0.2, 0) is 5.41 Å². The first-order valence-electron chi connectivity index (χ1n) is 10.3. The SMILES string of the molecule is CCCCCCOc1ccccc1C(=O)NNC(=O)c1ccc(C(C)(C)C)cc1. The van der Waals surface area contributed by atoms with Crippen molar-refractivity contribution < 1.29 is 14.3 Å². The second kappa shape index (κ2) is 10.6. The van der Waals surface area contributed by atoms with Crippen LogP contribution < -0.4 is 15.6 Å². The van der Waals surface area contributed by atoms with E-state index in [1.54, 1.807) is 30.3 Å². The number of rotatable bonds is 8. The minimum atomic E-state index is -0.409. The Labute approximate surface area is 173 Å². The number of hydrogen-bond acceptors (Lipinski definition) is 3. The van der Waals surface area contributed by atoms with Crippen LogP contribution in [-0.4, -0.2) is 18.4 Å². The molecule has 0 radical (unpaired) electrons. The average molecular weight is 397 g/mol. The maximum atomic E-state index is 12.5. The predicted octanol–water partition coefficient (Wildman–Crippen LogP) is 5.02. The van der Waals surface area contributed by atoms with Crippen LogP contribution in [0.4, 0.5) is 0 Å². The fourth-order valence-electron chi connectivity index (χ4n) is 2.87. The molecule has 0 heterocycles. The van der Waals surface area contributed by atoms with Gasteiger partial charge in [-0.2, -0.15) is 0 Å². The van der Waals surface area contributed by atoms with E-state index in [0.29, 0.717) is 23.5 Å². The predicted molar refractivity (Wildman–Crippen MR) is 116 cm³/mol. The van der Waals surface area contributed by atoms with Crippen molar-refractivity contribution in [3.8, 4) is 5.75 Å². The van der Waals surface area contributed by atoms with Crippen LogP contribution in [0.1, 0.15) is 79.7 Å². The summed E-state index contributed by atoms with van der Waals surface area (Å²) in [4.78, 5) is 24.9. The monoisotopic (exact) mass is 396 g/mol. The van der Waals surface area contributed by atoms with Gasteiger partial charge in [-0.05, 0) is 41.7 Å². The van der Waals surface area contributed by atoms with Gasteiger partial charge in [-0.1, -0.05) is 71.2 Å². The number of benzene rings is 2. The van der Waals surface area contributed by atoms with E-state index in [9.17, 15) is 9.59 Å². The molecule has 2 rings (SSSR count). The normalized spacial score (nSPS) is 11.0. The van der Waals surface area contributed by atoms with Gasteiger partial charge in [0, 0.05) is 5.56 Å². The van der Waals surface area contributed by atoms with Crippen molar-refractivity contribution in [3.63, 3.8) is 0 Å². The van der Waals surface area contributed by atoms with Crippen molar-refractivity contribution in [2.45, 2.75) is 58.8 Å². The van der Waals surface area contributed by atoms with Crippen LogP contribution >= 0.6 is 0 Å². The van der Waals surface area contributed by atoms with Crippen LogP contribution in [0.25, 0.3) is 0 Å². The van der Waals surface area contributed by atoms with E-state index in [2.05, 4.69) is 38.5 Å². The third-order valence-electron chi connectivity index (χ3n) is 4.69. The topological polar surface area (TPSA) is 67.4 Å². The van der Waals surface area contributed by atoms with Gasteiger partial charge in [-0.25, -0.2) is 0 Å². The van der Waals surface area contributed by atoms with E-state index >= 15 is 0 Å². The first kappa shape index (κ1) is 22.5. The molecule has 0 aliphatic rings. The summed E-state index contributed by atoms with van der Waals surface area (Å²) in [6, 6.07) is 14.4. The van der Waals surface area contributed by atoms with Crippen molar-refractivity contribution >= 4 is 11.8 Å². The van der Waals surface area contributed by atoms with Gasteiger partial charge in [-0.15, -0.1) is 0 Å². The van der Waals surface area contributed by atoms with Gasteiger partial charge in [-0.3, -0.25) is 20.4 Å². The second-order valence-electron chi connectivity index (χ2n) is 8.14. The summed E-state index contributed by atoms with van der Waals surface area (Å²) in [5, 5.41) is 0. The molecule has 156 valence electrons. The molecule has 0 atom stereocenters. The molecule has 0 fully saturated rings. The lowest BCUT2D eigenvalue weighted by atomic mass is 9.87. The fraction of sp³-hybridized carbons (Fsp3) is 0.417. The average Bonchev–Trinajstić information content (AvgIpc) is 2.71. The number of carbonyl (C=O) groups is 2. The molecule has 29 heavy (non-hydrogen) atoms. The Bertz CT molecular complexity index is 808. The zero-order valence-electron chi connectivity index (χ0n) is 17.9. The fourth-order valence-corrected chi connectivity index (χ4v) is 2.87. The van der Waals surface area contributed by atoms with Gasteiger partial charge in [0.1, 0.15) is 5.75 Å². The molecule has 2 amide bonds. The van der Waals surface area contributed by atoms with Gasteiger partial charge in [0.15, 0.2) is 0 Å². The van der Waals surface area contributed by atoms with E-state index < -0.39 is 5.91 Å². The first-order valence-corrected chi connectivity index (χ1v) is 10.3. The molecule has 0 aromatic heterocycles. The summed E-state index contributed by atoms with van der Waals surface area (Å²) in [5.74, 6) is -0.254. The highest BCUT2D eigenvalue weighted by molar-refractivity contribution is 6.00. The zero-order valence-corrected chi connectivity index (χ0v) is 17.9. The summed E-state index contributed by atoms with van der Waals surface area (Å²) >= 11 is 0. The van der Waals surface area contributed by atoms with Crippen molar-refractivity contribution in [1.29, 1.82) is 0 Å². The van der Waals surface area contributed by atoms with E-state index in [1.165, 1.54) is 6.42 Å². The lowest BCUT2D eigenvalue weighted by molar-refractivity contribution is 0.0844. The molecule has 2 aromatic rings. The lowest BCUT2D eigenvalue weighted by Crippen LogP contribution is -2.41. The smallest absolute Gasteiger partial charge is 0.273 e. The zero-order chi connectivity index (χ0) is 21.3. The summed E-state index contributed by atoms with van der Waals surface area (Å²) in [6.45, 7) is 9.08. The molecular formula is C24H32N2O3. The third kappa shape index (κ3) is 6.93. The first-order chi connectivity index (χ1) is 13.8. The molecule has 0 bridgehead atoms.